The van der Waals surface area contributed by atoms with Crippen LogP contribution in [0.2, 0.25) is 0 Å². The van der Waals surface area contributed by atoms with E-state index in [0.29, 0.717) is 18.4 Å². The van der Waals surface area contributed by atoms with Gasteiger partial charge in [-0.05, 0) is 65.5 Å². The van der Waals surface area contributed by atoms with Crippen LogP contribution in [0.15, 0.2) is 12.1 Å². The van der Waals surface area contributed by atoms with Crippen LogP contribution in [0.1, 0.15) is 79.9 Å². The maximum absolute atomic E-state index is 13.9. The molecule has 27 heavy (non-hydrogen) atoms. The number of aryl methyl sites for hydroxylation is 3. The Morgan fingerprint density at radius 1 is 1.07 bits per heavy atom. The van der Waals surface area contributed by atoms with Crippen LogP contribution in [0.4, 0.5) is 0 Å². The number of carbonyl (C=O) groups is 2. The molecule has 0 bridgehead atoms. The number of rotatable bonds is 6. The number of esters is 1. The quantitative estimate of drug-likeness (QED) is 0.353. The maximum atomic E-state index is 13.9. The molecule has 1 fully saturated rings. The Balaban J connectivity index is 2.64. The fraction of sp³-hybridized carbons (Fsp3) is 0.636. The Hall–Kier alpha value is -1.54. The van der Waals surface area contributed by atoms with Gasteiger partial charge in [0.25, 0.3) is 0 Å². The average Bonchev–Trinajstić information content (AvgIpc) is 2.59. The van der Waals surface area contributed by atoms with E-state index in [4.69, 9.17) is 4.74 Å². The predicted molar refractivity (Wildman–Crippen MR) is 108 cm³/mol. The molecule has 0 amide bonds. The first kappa shape index (κ1) is 21.8. The topological polar surface area (TPSA) is 60.4 Å². The fourth-order valence-electron chi connectivity index (χ4n) is 4.52. The van der Waals surface area contributed by atoms with Gasteiger partial charge in [-0.15, -0.1) is 0 Å². The van der Waals surface area contributed by atoms with Crippen molar-refractivity contribution in [3.63, 3.8) is 0 Å². The second-order valence-corrected chi connectivity index (χ2v) is 9.44. The summed E-state index contributed by atoms with van der Waals surface area (Å²) >= 11 is 0. The van der Waals surface area contributed by atoms with E-state index in [1.54, 1.807) is 20.8 Å². The number of carbonyl (C=O) groups excluding carboxylic acids is 2. The molecule has 1 aliphatic rings. The van der Waals surface area contributed by atoms with Crippen LogP contribution >= 0.6 is 8.46 Å². The van der Waals surface area contributed by atoms with E-state index in [-0.39, 0.29) is 20.3 Å². The van der Waals surface area contributed by atoms with Gasteiger partial charge < -0.3 is 4.74 Å². The normalized spacial score (nSPS) is 18.9. The number of benzene rings is 1. The van der Waals surface area contributed by atoms with Crippen LogP contribution in [0.5, 0.6) is 0 Å². The van der Waals surface area contributed by atoms with Crippen LogP contribution in [-0.4, -0.2) is 23.0 Å². The molecule has 1 aromatic carbocycles. The van der Waals surface area contributed by atoms with E-state index >= 15 is 0 Å². The molecule has 1 aromatic rings. The Kier molecular flexibility index (Phi) is 6.63. The first-order valence-electron chi connectivity index (χ1n) is 9.77. The molecule has 0 saturated heterocycles. The highest BCUT2D eigenvalue weighted by Gasteiger charge is 2.60. The van der Waals surface area contributed by atoms with Crippen LogP contribution in [0.3, 0.4) is 0 Å². The van der Waals surface area contributed by atoms with Crippen molar-refractivity contribution >= 4 is 20.2 Å². The summed E-state index contributed by atoms with van der Waals surface area (Å²) in [6, 6.07) is 3.99. The monoisotopic (exact) mass is 390 g/mol. The van der Waals surface area contributed by atoms with Crippen molar-refractivity contribution in [3.8, 4) is 0 Å². The predicted octanol–water partition coefficient (Wildman–Crippen LogP) is 5.75. The van der Waals surface area contributed by atoms with E-state index in [2.05, 4.69) is 0 Å². The summed E-state index contributed by atoms with van der Waals surface area (Å²) in [7, 11) is -0.356. The van der Waals surface area contributed by atoms with Crippen LogP contribution in [0, 0.1) is 26.2 Å². The average molecular weight is 390 g/mol. The fourth-order valence-corrected chi connectivity index (χ4v) is 5.14. The molecule has 1 unspecified atom stereocenters. The largest absolute Gasteiger partial charge is 0.462 e. The summed E-state index contributed by atoms with van der Waals surface area (Å²) in [4.78, 5) is 26.9. The van der Waals surface area contributed by atoms with Gasteiger partial charge in [-0.25, -0.2) is 0 Å². The lowest BCUT2D eigenvalue weighted by molar-refractivity contribution is -0.153. The molecule has 0 spiro atoms. The first-order valence-corrected chi connectivity index (χ1v) is 10.6. The van der Waals surface area contributed by atoms with Crippen molar-refractivity contribution in [2.24, 2.45) is 5.41 Å². The minimum Gasteiger partial charge on any atom is -0.462 e. The highest BCUT2D eigenvalue weighted by atomic mass is 31.1. The van der Waals surface area contributed by atoms with E-state index in [1.165, 1.54) is 0 Å². The summed E-state index contributed by atoms with van der Waals surface area (Å²) in [5.74, 6) is -0.615. The number of hydrogen-bond acceptors (Lipinski definition) is 4. The van der Waals surface area contributed by atoms with Gasteiger partial charge in [0.15, 0.2) is 19.4 Å². The zero-order valence-electron chi connectivity index (χ0n) is 17.3. The summed E-state index contributed by atoms with van der Waals surface area (Å²) in [5, 5.41) is -1.39. The molecule has 1 atom stereocenters. The lowest BCUT2D eigenvalue weighted by Crippen LogP contribution is -2.55. The summed E-state index contributed by atoms with van der Waals surface area (Å²) in [6.07, 6.45) is 3.49. The van der Waals surface area contributed by atoms with Crippen molar-refractivity contribution in [1.82, 2.24) is 0 Å². The lowest BCUT2D eigenvalue weighted by Gasteiger charge is -2.45. The van der Waals surface area contributed by atoms with Gasteiger partial charge in [-0.3, -0.25) is 14.2 Å². The second-order valence-electron chi connectivity index (χ2n) is 8.36. The Bertz CT molecular complexity index is 724. The highest BCUT2D eigenvalue weighted by Crippen LogP contribution is 2.54. The highest BCUT2D eigenvalue weighted by molar-refractivity contribution is 7.28. The molecular formula is C22H31O4P. The van der Waals surface area contributed by atoms with E-state index in [0.717, 1.165) is 36.0 Å². The van der Waals surface area contributed by atoms with Crippen molar-refractivity contribution in [2.75, 3.05) is 0 Å². The molecule has 5 heteroatoms. The standard InChI is InChI=1S/C22H31O4P/c1-14(2)26-20(24)21(6,27-25)22(10-8-7-9-11-22)19(23)18-16(4)12-15(3)13-17(18)5/h12-14H,7-11H2,1-6H3. The molecule has 0 heterocycles. The zero-order valence-corrected chi connectivity index (χ0v) is 18.2. The van der Waals surface area contributed by atoms with E-state index in [9.17, 15) is 14.2 Å². The third-order valence-electron chi connectivity index (χ3n) is 5.90. The van der Waals surface area contributed by atoms with Crippen LogP contribution < -0.4 is 0 Å². The molecule has 0 aromatic heterocycles. The van der Waals surface area contributed by atoms with Crippen LogP contribution in [0.25, 0.3) is 0 Å². The summed E-state index contributed by atoms with van der Waals surface area (Å²) in [5.41, 5.74) is 2.57. The zero-order chi connectivity index (χ0) is 20.4. The van der Waals surface area contributed by atoms with Crippen molar-refractivity contribution in [2.45, 2.75) is 84.9 Å². The van der Waals surface area contributed by atoms with Gasteiger partial charge in [0, 0.05) is 5.56 Å². The van der Waals surface area contributed by atoms with Crippen LogP contribution in [-0.2, 0) is 14.1 Å². The minimum atomic E-state index is -1.39. The smallest absolute Gasteiger partial charge is 0.324 e. The Morgan fingerprint density at radius 2 is 1.59 bits per heavy atom. The summed E-state index contributed by atoms with van der Waals surface area (Å²) < 4.78 is 17.8. The van der Waals surface area contributed by atoms with E-state index < -0.39 is 16.5 Å². The molecular weight excluding hydrogens is 359 g/mol. The molecule has 148 valence electrons. The SMILES string of the molecule is Cc1cc(C)c(C(=O)C2(C(C)(P=O)C(=O)OC(C)C)CCCCC2)c(C)c1. The van der Waals surface area contributed by atoms with E-state index in [1.807, 2.05) is 32.9 Å². The molecule has 0 aliphatic heterocycles. The molecule has 1 saturated carbocycles. The minimum absolute atomic E-state index is 0.0660. The Morgan fingerprint density at radius 3 is 2.04 bits per heavy atom. The van der Waals surface area contributed by atoms with Crippen molar-refractivity contribution in [3.05, 3.63) is 34.4 Å². The lowest BCUT2D eigenvalue weighted by atomic mass is 9.61. The first-order chi connectivity index (χ1) is 12.6. The van der Waals surface area contributed by atoms with Gasteiger partial charge in [0.1, 0.15) is 0 Å². The van der Waals surface area contributed by atoms with Gasteiger partial charge in [0.05, 0.1) is 11.5 Å². The van der Waals surface area contributed by atoms with Gasteiger partial charge in [-0.2, -0.15) is 0 Å². The third kappa shape index (κ3) is 3.87. The molecule has 1 aliphatic carbocycles. The number of Topliss-reactive ketones (excluding diaryl/α,β-unsaturated/α-hetero) is 1. The second kappa shape index (κ2) is 8.22. The summed E-state index contributed by atoms with van der Waals surface area (Å²) in [6.45, 7) is 11.0. The van der Waals surface area contributed by atoms with Crippen molar-refractivity contribution in [1.29, 1.82) is 0 Å². The molecule has 4 nitrogen and oxygen atoms in total. The number of ketones is 1. The molecule has 2 rings (SSSR count). The third-order valence-corrected chi connectivity index (χ3v) is 6.88. The van der Waals surface area contributed by atoms with Crippen molar-refractivity contribution < 1.29 is 18.9 Å². The van der Waals surface area contributed by atoms with Gasteiger partial charge in [0.2, 0.25) is 0 Å². The van der Waals surface area contributed by atoms with Gasteiger partial charge in [-0.1, -0.05) is 37.0 Å². The maximum Gasteiger partial charge on any atom is 0.324 e. The number of hydrogen-bond donors (Lipinski definition) is 0. The number of ether oxygens (including phenoxy) is 1. The molecule has 0 N–H and O–H groups in total. The van der Waals surface area contributed by atoms with Gasteiger partial charge >= 0.3 is 5.97 Å². The molecule has 0 radical (unpaired) electrons. The Labute approximate surface area is 164 Å².